The van der Waals surface area contributed by atoms with Crippen molar-refractivity contribution < 1.29 is 13.2 Å². The number of benzene rings is 1. The van der Waals surface area contributed by atoms with Crippen LogP contribution in [0.25, 0.3) is 0 Å². The van der Waals surface area contributed by atoms with E-state index in [2.05, 4.69) is 15.3 Å². The molecule has 0 saturated heterocycles. The molecule has 1 unspecified atom stereocenters. The Morgan fingerprint density at radius 3 is 2.55 bits per heavy atom. The van der Waals surface area contributed by atoms with Crippen molar-refractivity contribution in [3.05, 3.63) is 45.9 Å². The van der Waals surface area contributed by atoms with Gasteiger partial charge >= 0.3 is 0 Å². The van der Waals surface area contributed by atoms with Gasteiger partial charge in [-0.1, -0.05) is 12.1 Å². The Morgan fingerprint density at radius 2 is 2.00 bits per heavy atom. The van der Waals surface area contributed by atoms with E-state index in [1.165, 1.54) is 6.26 Å². The fraction of sp³-hybridized carbons (Fsp3) is 0.474. The van der Waals surface area contributed by atoms with Crippen LogP contribution in [0.1, 0.15) is 29.3 Å². The van der Waals surface area contributed by atoms with Crippen LogP contribution in [0.15, 0.2) is 39.5 Å². The molecule has 0 amide bonds. The largest absolute Gasteiger partial charge is 0.375 e. The molecule has 1 heterocycles. The third-order valence-electron chi connectivity index (χ3n) is 4.29. The molecule has 0 bridgehead atoms. The summed E-state index contributed by atoms with van der Waals surface area (Å²) in [4.78, 5) is 11.3. The highest BCUT2D eigenvalue weighted by molar-refractivity contribution is 14.0. The monoisotopic (exact) mass is 552 g/mol. The fourth-order valence-corrected chi connectivity index (χ4v) is 4.08. The predicted octanol–water partition coefficient (Wildman–Crippen LogP) is 3.12. The van der Waals surface area contributed by atoms with Gasteiger partial charge in [0, 0.05) is 39.4 Å². The van der Waals surface area contributed by atoms with Crippen molar-refractivity contribution >= 4 is 51.1 Å². The molecule has 1 N–H and O–H groups in total. The number of nitrogens with zero attached hydrogens (tertiary/aromatic N) is 3. The average Bonchev–Trinajstić information content (AvgIpc) is 3.12. The maximum atomic E-state index is 11.5. The smallest absolute Gasteiger partial charge is 0.193 e. The van der Waals surface area contributed by atoms with Gasteiger partial charge in [-0.3, -0.25) is 4.99 Å². The number of nitrogens with one attached hydrogen (secondary N) is 1. The molecule has 29 heavy (non-hydrogen) atoms. The third-order valence-corrected chi connectivity index (χ3v) is 6.47. The lowest BCUT2D eigenvalue weighted by molar-refractivity contribution is 0.119. The summed E-state index contributed by atoms with van der Waals surface area (Å²) in [7, 11) is 2.24. The number of thiazole rings is 1. The first-order valence-electron chi connectivity index (χ1n) is 8.92. The quantitative estimate of drug-likeness (QED) is 0.308. The molecule has 2 aromatic rings. The van der Waals surface area contributed by atoms with Crippen molar-refractivity contribution in [2.75, 3.05) is 34.0 Å². The van der Waals surface area contributed by atoms with Gasteiger partial charge in [-0.25, -0.2) is 13.4 Å². The molecule has 0 radical (unpaired) electrons. The maximum Gasteiger partial charge on any atom is 0.193 e. The minimum absolute atomic E-state index is 0. The highest BCUT2D eigenvalue weighted by Crippen LogP contribution is 2.20. The molecule has 0 spiro atoms. The summed E-state index contributed by atoms with van der Waals surface area (Å²) in [6.07, 6.45) is 1.98. The first-order valence-corrected chi connectivity index (χ1v) is 11.7. The summed E-state index contributed by atoms with van der Waals surface area (Å²) in [5, 5.41) is 6.34. The van der Waals surface area contributed by atoms with Crippen molar-refractivity contribution in [2.45, 2.75) is 30.9 Å². The average molecular weight is 553 g/mol. The van der Waals surface area contributed by atoms with Crippen LogP contribution in [-0.4, -0.2) is 58.3 Å². The molecule has 1 atom stereocenters. The van der Waals surface area contributed by atoms with Crippen LogP contribution in [0, 0.1) is 0 Å². The molecule has 0 aliphatic heterocycles. The summed E-state index contributed by atoms with van der Waals surface area (Å²) in [6.45, 7) is 3.32. The van der Waals surface area contributed by atoms with E-state index in [9.17, 15) is 8.42 Å². The number of aliphatic imine (C=N–C) groups is 1. The number of ether oxygens (including phenoxy) is 1. The lowest BCUT2D eigenvalue weighted by Gasteiger charge is -2.21. The molecule has 1 aromatic carbocycles. The second kappa shape index (κ2) is 11.8. The van der Waals surface area contributed by atoms with E-state index in [-0.39, 0.29) is 30.1 Å². The topological polar surface area (TPSA) is 83.9 Å². The van der Waals surface area contributed by atoms with Crippen LogP contribution in [0.4, 0.5) is 0 Å². The highest BCUT2D eigenvalue weighted by atomic mass is 127. The molecule has 10 heteroatoms. The Kier molecular flexibility index (Phi) is 10.5. The minimum Gasteiger partial charge on any atom is -0.375 e. The first kappa shape index (κ1) is 25.8. The Balaban J connectivity index is 0.00000420. The van der Waals surface area contributed by atoms with E-state index in [1.807, 2.05) is 36.4 Å². The number of aromatic nitrogens is 1. The van der Waals surface area contributed by atoms with E-state index in [1.54, 1.807) is 37.6 Å². The molecular formula is C19H29IN4O3S2. The Hall–Kier alpha value is -1.24. The predicted molar refractivity (Wildman–Crippen MR) is 129 cm³/mol. The number of hydrogen-bond donors (Lipinski definition) is 1. The van der Waals surface area contributed by atoms with Gasteiger partial charge < -0.3 is 15.0 Å². The van der Waals surface area contributed by atoms with Crippen LogP contribution in [0.3, 0.4) is 0 Å². The second-order valence-electron chi connectivity index (χ2n) is 6.55. The number of hydrogen-bond acceptors (Lipinski definition) is 6. The van der Waals surface area contributed by atoms with Crippen molar-refractivity contribution in [2.24, 2.45) is 4.99 Å². The fourth-order valence-electron chi connectivity index (χ4n) is 2.61. The second-order valence-corrected chi connectivity index (χ2v) is 9.46. The van der Waals surface area contributed by atoms with Crippen LogP contribution in [-0.2, 0) is 27.5 Å². The summed E-state index contributed by atoms with van der Waals surface area (Å²) >= 11 is 1.60. The zero-order valence-electron chi connectivity index (χ0n) is 17.4. The maximum absolute atomic E-state index is 11.5. The van der Waals surface area contributed by atoms with Gasteiger partial charge in [0.05, 0.1) is 17.1 Å². The zero-order chi connectivity index (χ0) is 20.7. The first-order chi connectivity index (χ1) is 13.2. The molecule has 162 valence electrons. The molecule has 0 aliphatic carbocycles. The number of rotatable bonds is 8. The Labute approximate surface area is 194 Å². The summed E-state index contributed by atoms with van der Waals surface area (Å²) in [6, 6.07) is 6.98. The molecule has 0 saturated carbocycles. The van der Waals surface area contributed by atoms with E-state index in [4.69, 9.17) is 4.74 Å². The van der Waals surface area contributed by atoms with Crippen molar-refractivity contribution in [1.82, 2.24) is 15.2 Å². The lowest BCUT2D eigenvalue weighted by atomic mass is 10.1. The van der Waals surface area contributed by atoms with Gasteiger partial charge in [-0.05, 0) is 31.0 Å². The van der Waals surface area contributed by atoms with Gasteiger partial charge in [-0.15, -0.1) is 35.3 Å². The molecule has 1 aromatic heterocycles. The van der Waals surface area contributed by atoms with Gasteiger partial charge in [-0.2, -0.15) is 0 Å². The Bertz CT molecular complexity index is 898. The van der Waals surface area contributed by atoms with Gasteiger partial charge in [0.25, 0.3) is 0 Å². The lowest BCUT2D eigenvalue weighted by Crippen LogP contribution is -2.39. The van der Waals surface area contributed by atoms with E-state index >= 15 is 0 Å². The molecule has 0 aliphatic rings. The minimum atomic E-state index is -3.16. The molecule has 2 rings (SSSR count). The molecule has 0 fully saturated rings. The normalized spacial score (nSPS) is 12.9. The summed E-state index contributed by atoms with van der Waals surface area (Å²) in [5.74, 6) is 0.780. The number of halogens is 1. The summed E-state index contributed by atoms with van der Waals surface area (Å²) < 4.78 is 28.4. The van der Waals surface area contributed by atoms with Crippen LogP contribution in [0.5, 0.6) is 0 Å². The highest BCUT2D eigenvalue weighted by Gasteiger charge is 2.12. The van der Waals surface area contributed by atoms with Crippen LogP contribution in [0.2, 0.25) is 0 Å². The number of sulfone groups is 1. The van der Waals surface area contributed by atoms with Crippen molar-refractivity contribution in [1.29, 1.82) is 0 Å². The molecule has 7 nitrogen and oxygen atoms in total. The van der Waals surface area contributed by atoms with Gasteiger partial charge in [0.1, 0.15) is 11.1 Å². The molecular weight excluding hydrogens is 523 g/mol. The van der Waals surface area contributed by atoms with Crippen LogP contribution < -0.4 is 5.32 Å². The van der Waals surface area contributed by atoms with Crippen LogP contribution >= 0.6 is 35.3 Å². The number of methoxy groups -OCH3 is 1. The standard InChI is InChI=1S/C19H28N4O3S2.HI/c1-14(26-4)18-22-16(13-27-18)12-23(3)19(20-2)21-11-10-15-6-8-17(9-7-15)28(5,24)25;/h6-9,13-14H,10-12H2,1-5H3,(H,20,21);1H. The van der Waals surface area contributed by atoms with E-state index < -0.39 is 9.84 Å². The van der Waals surface area contributed by atoms with Gasteiger partial charge in [0.15, 0.2) is 15.8 Å². The van der Waals surface area contributed by atoms with E-state index in [0.717, 1.165) is 28.6 Å². The number of guanidine groups is 1. The zero-order valence-corrected chi connectivity index (χ0v) is 21.3. The van der Waals surface area contributed by atoms with Crippen molar-refractivity contribution in [3.8, 4) is 0 Å². The Morgan fingerprint density at radius 1 is 1.34 bits per heavy atom. The van der Waals surface area contributed by atoms with E-state index in [0.29, 0.717) is 18.0 Å². The third kappa shape index (κ3) is 7.83. The van der Waals surface area contributed by atoms with Gasteiger partial charge in [0.2, 0.25) is 0 Å². The summed E-state index contributed by atoms with van der Waals surface area (Å²) in [5.41, 5.74) is 2.04. The SMILES string of the molecule is CN=C(NCCc1ccc(S(C)(=O)=O)cc1)N(C)Cc1csc(C(C)OC)n1.I. The van der Waals surface area contributed by atoms with Crippen molar-refractivity contribution in [3.63, 3.8) is 0 Å².